The molecule has 0 amide bonds. The largest absolute Gasteiger partial charge is 0.416 e. The first kappa shape index (κ1) is 12.0. The predicted octanol–water partition coefficient (Wildman–Crippen LogP) is 2.13. The van der Waals surface area contributed by atoms with Gasteiger partial charge in [0.15, 0.2) is 0 Å². The molecule has 0 saturated heterocycles. The molecule has 0 unspecified atom stereocenters. The van der Waals surface area contributed by atoms with Gasteiger partial charge in [-0.3, -0.25) is 4.57 Å². The molecule has 4 nitrogen and oxygen atoms in total. The zero-order valence-corrected chi connectivity index (χ0v) is 9.74. The summed E-state index contributed by atoms with van der Waals surface area (Å²) in [4.78, 5) is 11.6. The third kappa shape index (κ3) is 1.94. The minimum absolute atomic E-state index is 0.372. The average molecular weight is 269 g/mol. The molecule has 1 aromatic heterocycles. The summed E-state index contributed by atoms with van der Waals surface area (Å²) in [6, 6.07) is 4.72. The molecule has 100 valence electrons. The highest BCUT2D eigenvalue weighted by atomic mass is 19.4. The van der Waals surface area contributed by atoms with Crippen LogP contribution in [0.3, 0.4) is 0 Å². The molecule has 7 heteroatoms. The quantitative estimate of drug-likeness (QED) is 0.862. The fraction of sp³-hybridized carbons (Fsp3) is 0.333. The highest BCUT2D eigenvalue weighted by Crippen LogP contribution is 2.34. The normalized spacial score (nSPS) is 18.6. The second kappa shape index (κ2) is 3.97. The molecular formula is C12H10F3N3O. The molecule has 0 spiro atoms. The molecule has 0 radical (unpaired) electrons. The van der Waals surface area contributed by atoms with E-state index in [0.29, 0.717) is 24.2 Å². The first-order valence-corrected chi connectivity index (χ1v) is 5.80. The predicted molar refractivity (Wildman–Crippen MR) is 60.8 cm³/mol. The Balaban J connectivity index is 2.05. The number of nitrogens with one attached hydrogen (secondary N) is 1. The Bertz CT molecular complexity index is 671. The SMILES string of the molecule is O=c1[nH]nc2n1[C@H](c1cccc(C(F)(F)F)c1)CC2. The second-order valence-electron chi connectivity index (χ2n) is 4.49. The van der Waals surface area contributed by atoms with Crippen molar-refractivity contribution in [3.8, 4) is 0 Å². The lowest BCUT2D eigenvalue weighted by molar-refractivity contribution is -0.137. The third-order valence-electron chi connectivity index (χ3n) is 3.33. The van der Waals surface area contributed by atoms with Crippen molar-refractivity contribution in [2.75, 3.05) is 0 Å². The minimum atomic E-state index is -4.38. The average Bonchev–Trinajstić information content (AvgIpc) is 2.92. The molecule has 1 aliphatic rings. The summed E-state index contributed by atoms with van der Waals surface area (Å²) < 4.78 is 39.5. The van der Waals surface area contributed by atoms with E-state index in [2.05, 4.69) is 10.2 Å². The van der Waals surface area contributed by atoms with E-state index in [1.165, 1.54) is 10.6 Å². The van der Waals surface area contributed by atoms with Gasteiger partial charge >= 0.3 is 11.9 Å². The van der Waals surface area contributed by atoms with Crippen molar-refractivity contribution in [2.24, 2.45) is 0 Å². The number of aromatic nitrogens is 3. The zero-order valence-electron chi connectivity index (χ0n) is 9.74. The van der Waals surface area contributed by atoms with Crippen molar-refractivity contribution in [1.29, 1.82) is 0 Å². The summed E-state index contributed by atoms with van der Waals surface area (Å²) in [7, 11) is 0. The Kier molecular flexibility index (Phi) is 2.51. The molecule has 1 aromatic carbocycles. The highest BCUT2D eigenvalue weighted by Gasteiger charge is 2.32. The van der Waals surface area contributed by atoms with Gasteiger partial charge in [-0.15, -0.1) is 0 Å². The maximum atomic E-state index is 12.7. The number of aryl methyl sites for hydroxylation is 1. The summed E-state index contributed by atoms with van der Waals surface area (Å²) in [5, 5.41) is 6.17. The monoisotopic (exact) mass is 269 g/mol. The van der Waals surface area contributed by atoms with Crippen molar-refractivity contribution >= 4 is 0 Å². The maximum Gasteiger partial charge on any atom is 0.416 e. The standard InChI is InChI=1S/C12H10F3N3O/c13-12(14,15)8-3-1-2-7(6-8)9-4-5-10-16-17-11(19)18(9)10/h1-3,6,9H,4-5H2,(H,17,19)/t9-/m0/s1. The van der Waals surface area contributed by atoms with E-state index in [4.69, 9.17) is 0 Å². The van der Waals surface area contributed by atoms with Crippen LogP contribution in [-0.4, -0.2) is 14.8 Å². The summed E-state index contributed by atoms with van der Waals surface area (Å²) in [6.45, 7) is 0. The van der Waals surface area contributed by atoms with E-state index in [1.54, 1.807) is 6.07 Å². The summed E-state index contributed by atoms with van der Waals surface area (Å²) >= 11 is 0. The van der Waals surface area contributed by atoms with Crippen LogP contribution in [0.2, 0.25) is 0 Å². The topological polar surface area (TPSA) is 50.7 Å². The van der Waals surface area contributed by atoms with Gasteiger partial charge in [0.05, 0.1) is 11.6 Å². The Morgan fingerprint density at radius 3 is 2.89 bits per heavy atom. The first-order valence-electron chi connectivity index (χ1n) is 5.80. The molecule has 0 aliphatic carbocycles. The molecule has 1 atom stereocenters. The van der Waals surface area contributed by atoms with Crippen molar-refractivity contribution in [3.63, 3.8) is 0 Å². The van der Waals surface area contributed by atoms with Crippen LogP contribution in [0.1, 0.15) is 29.4 Å². The van der Waals surface area contributed by atoms with E-state index in [-0.39, 0.29) is 11.7 Å². The summed E-state index contributed by atoms with van der Waals surface area (Å²) in [5.41, 5.74) is -0.595. The van der Waals surface area contributed by atoms with E-state index < -0.39 is 11.7 Å². The number of nitrogens with zero attached hydrogens (tertiary/aromatic N) is 2. The second-order valence-corrected chi connectivity index (χ2v) is 4.49. The van der Waals surface area contributed by atoms with Crippen LogP contribution in [0.15, 0.2) is 29.1 Å². The number of hydrogen-bond donors (Lipinski definition) is 1. The lowest BCUT2D eigenvalue weighted by atomic mass is 10.0. The van der Waals surface area contributed by atoms with Gasteiger partial charge in [0.1, 0.15) is 5.82 Å². The van der Waals surface area contributed by atoms with Crippen LogP contribution < -0.4 is 5.69 Å². The smallest absolute Gasteiger partial charge is 0.271 e. The molecular weight excluding hydrogens is 259 g/mol. The van der Waals surface area contributed by atoms with Crippen LogP contribution in [-0.2, 0) is 12.6 Å². The highest BCUT2D eigenvalue weighted by molar-refractivity contribution is 5.29. The number of hydrogen-bond acceptors (Lipinski definition) is 2. The number of aromatic amines is 1. The number of rotatable bonds is 1. The van der Waals surface area contributed by atoms with Crippen LogP contribution in [0.5, 0.6) is 0 Å². The van der Waals surface area contributed by atoms with E-state index in [9.17, 15) is 18.0 Å². The van der Waals surface area contributed by atoms with Gasteiger partial charge < -0.3 is 0 Å². The maximum absolute atomic E-state index is 12.7. The number of alkyl halides is 3. The van der Waals surface area contributed by atoms with Crippen molar-refractivity contribution in [3.05, 3.63) is 51.7 Å². The zero-order chi connectivity index (χ0) is 13.6. The lowest BCUT2D eigenvalue weighted by Crippen LogP contribution is -2.21. The van der Waals surface area contributed by atoms with Crippen molar-refractivity contribution < 1.29 is 13.2 Å². The van der Waals surface area contributed by atoms with Gasteiger partial charge in [-0.25, -0.2) is 9.89 Å². The number of halogens is 3. The number of H-pyrrole nitrogens is 1. The molecule has 19 heavy (non-hydrogen) atoms. The van der Waals surface area contributed by atoms with Gasteiger partial charge in [-0.2, -0.15) is 18.3 Å². The Morgan fingerprint density at radius 2 is 2.16 bits per heavy atom. The molecule has 0 bridgehead atoms. The van der Waals surface area contributed by atoms with Gasteiger partial charge in [-0.05, 0) is 24.1 Å². The molecule has 2 aromatic rings. The molecule has 2 heterocycles. The third-order valence-corrected chi connectivity index (χ3v) is 3.33. The summed E-state index contributed by atoms with van der Waals surface area (Å²) in [6.07, 6.45) is -3.20. The van der Waals surface area contributed by atoms with Crippen molar-refractivity contribution in [2.45, 2.75) is 25.1 Å². The van der Waals surface area contributed by atoms with E-state index in [0.717, 1.165) is 12.1 Å². The lowest BCUT2D eigenvalue weighted by Gasteiger charge is -2.14. The fourth-order valence-corrected chi connectivity index (χ4v) is 2.47. The first-order chi connectivity index (χ1) is 8.97. The Morgan fingerprint density at radius 1 is 1.37 bits per heavy atom. The minimum Gasteiger partial charge on any atom is -0.271 e. The fourth-order valence-electron chi connectivity index (χ4n) is 2.47. The molecule has 0 fully saturated rings. The van der Waals surface area contributed by atoms with Crippen LogP contribution in [0.25, 0.3) is 0 Å². The Hall–Kier alpha value is -2.05. The van der Waals surface area contributed by atoms with E-state index >= 15 is 0 Å². The Labute approximate surface area is 105 Å². The van der Waals surface area contributed by atoms with Crippen LogP contribution in [0, 0.1) is 0 Å². The number of fused-ring (bicyclic) bond motifs is 1. The van der Waals surface area contributed by atoms with E-state index in [1.807, 2.05) is 0 Å². The van der Waals surface area contributed by atoms with Gasteiger partial charge in [-0.1, -0.05) is 12.1 Å². The molecule has 0 saturated carbocycles. The van der Waals surface area contributed by atoms with Gasteiger partial charge in [0, 0.05) is 6.42 Å². The van der Waals surface area contributed by atoms with Gasteiger partial charge in [0.25, 0.3) is 0 Å². The van der Waals surface area contributed by atoms with Crippen molar-refractivity contribution in [1.82, 2.24) is 14.8 Å². The number of benzene rings is 1. The molecule has 1 N–H and O–H groups in total. The van der Waals surface area contributed by atoms with Crippen LogP contribution in [0.4, 0.5) is 13.2 Å². The van der Waals surface area contributed by atoms with Crippen LogP contribution >= 0.6 is 0 Å². The van der Waals surface area contributed by atoms with Gasteiger partial charge in [0.2, 0.25) is 0 Å². The molecule has 1 aliphatic heterocycles. The molecule has 3 rings (SSSR count). The summed E-state index contributed by atoms with van der Waals surface area (Å²) in [5.74, 6) is 0.590.